The Balaban J connectivity index is 1.50. The van der Waals surface area contributed by atoms with E-state index < -0.39 is 0 Å². The summed E-state index contributed by atoms with van der Waals surface area (Å²) in [6.45, 7) is 8.72. The Hall–Kier alpha value is -1.20. The highest BCUT2D eigenvalue weighted by molar-refractivity contribution is 8.00. The van der Waals surface area contributed by atoms with Gasteiger partial charge in [0.1, 0.15) is 0 Å². The lowest BCUT2D eigenvalue weighted by Crippen LogP contribution is -2.55. The molecule has 0 aliphatic carbocycles. The van der Waals surface area contributed by atoms with Gasteiger partial charge in [0, 0.05) is 44.0 Å². The highest BCUT2D eigenvalue weighted by Gasteiger charge is 2.29. The van der Waals surface area contributed by atoms with E-state index in [1.165, 1.54) is 29.7 Å². The van der Waals surface area contributed by atoms with Crippen LogP contribution in [0.1, 0.15) is 37.8 Å². The molecule has 0 aromatic heterocycles. The molecule has 0 spiro atoms. The number of hydrogen-bond acceptors (Lipinski definition) is 3. The highest BCUT2D eigenvalue weighted by atomic mass is 32.2. The Labute approximate surface area is 156 Å². The second kappa shape index (κ2) is 8.45. The molecule has 1 unspecified atom stereocenters. The van der Waals surface area contributed by atoms with Crippen molar-refractivity contribution in [1.29, 1.82) is 0 Å². The number of benzene rings is 1. The molecule has 1 aromatic rings. The van der Waals surface area contributed by atoms with Crippen LogP contribution in [0.3, 0.4) is 0 Å². The molecule has 1 saturated heterocycles. The van der Waals surface area contributed by atoms with Crippen LogP contribution in [0.5, 0.6) is 0 Å². The Kier molecular flexibility index (Phi) is 6.29. The number of aliphatic imine (C=N–C) groups is 1. The van der Waals surface area contributed by atoms with Crippen molar-refractivity contribution >= 4 is 17.7 Å². The molecule has 0 amide bonds. The minimum atomic E-state index is 0.0905. The molecule has 0 saturated carbocycles. The summed E-state index contributed by atoms with van der Waals surface area (Å²) in [5, 5.41) is 7.79. The number of thioether (sulfide) groups is 1. The fourth-order valence-electron chi connectivity index (χ4n) is 3.66. The minimum absolute atomic E-state index is 0.0905. The summed E-state index contributed by atoms with van der Waals surface area (Å²) in [5.41, 5.74) is 3.07. The Morgan fingerprint density at radius 2 is 2.08 bits per heavy atom. The number of nitrogens with zero attached hydrogens (tertiary/aromatic N) is 2. The van der Waals surface area contributed by atoms with Gasteiger partial charge in [-0.05, 0) is 50.0 Å². The number of fused-ring (bicyclic) bond motifs is 1. The predicted molar refractivity (Wildman–Crippen MR) is 109 cm³/mol. The molecule has 5 heteroatoms. The van der Waals surface area contributed by atoms with E-state index in [2.05, 4.69) is 70.4 Å². The zero-order chi connectivity index (χ0) is 17.7. The summed E-state index contributed by atoms with van der Waals surface area (Å²) in [4.78, 5) is 6.99. The first-order chi connectivity index (χ1) is 12.1. The van der Waals surface area contributed by atoms with Gasteiger partial charge in [0.05, 0.1) is 0 Å². The third-order valence-corrected chi connectivity index (χ3v) is 6.82. The zero-order valence-corrected chi connectivity index (χ0v) is 16.7. The zero-order valence-electron chi connectivity index (χ0n) is 15.8. The van der Waals surface area contributed by atoms with Gasteiger partial charge in [-0.15, -0.1) is 0 Å². The molecule has 1 aromatic carbocycles. The third-order valence-electron chi connectivity index (χ3n) is 5.42. The summed E-state index contributed by atoms with van der Waals surface area (Å²) in [6.07, 6.45) is 3.82. The first-order valence-corrected chi connectivity index (χ1v) is 10.5. The van der Waals surface area contributed by atoms with E-state index in [1.54, 1.807) is 0 Å². The molecule has 2 aliphatic rings. The molecule has 4 nitrogen and oxygen atoms in total. The van der Waals surface area contributed by atoms with E-state index in [1.807, 2.05) is 7.05 Å². The van der Waals surface area contributed by atoms with Crippen molar-refractivity contribution in [2.45, 2.75) is 50.4 Å². The molecule has 3 rings (SSSR count). The summed E-state index contributed by atoms with van der Waals surface area (Å²) < 4.78 is 0. The largest absolute Gasteiger partial charge is 0.355 e. The quantitative estimate of drug-likeness (QED) is 0.626. The standard InChI is InChI=1S/C20H32N4S/c1-20(2,24-11-10-16-7-4-5-8-17(16)14-24)15-23-19(21-3)22-13-18-9-6-12-25-18/h4-5,7-8,18H,6,9-15H2,1-3H3,(H2,21,22,23). The van der Waals surface area contributed by atoms with Gasteiger partial charge >= 0.3 is 0 Å². The van der Waals surface area contributed by atoms with E-state index >= 15 is 0 Å². The number of guanidine groups is 1. The molecule has 0 bridgehead atoms. The molecule has 2 aliphatic heterocycles. The van der Waals surface area contributed by atoms with Crippen LogP contribution in [-0.4, -0.2) is 54.1 Å². The smallest absolute Gasteiger partial charge is 0.191 e. The minimum Gasteiger partial charge on any atom is -0.355 e. The van der Waals surface area contributed by atoms with E-state index in [0.29, 0.717) is 0 Å². The van der Waals surface area contributed by atoms with Gasteiger partial charge in [0.15, 0.2) is 5.96 Å². The molecule has 2 N–H and O–H groups in total. The first-order valence-electron chi connectivity index (χ1n) is 9.46. The van der Waals surface area contributed by atoms with Crippen LogP contribution in [0.15, 0.2) is 29.3 Å². The van der Waals surface area contributed by atoms with Crippen LogP contribution in [0.25, 0.3) is 0 Å². The Morgan fingerprint density at radius 3 is 2.80 bits per heavy atom. The second-order valence-corrected chi connectivity index (χ2v) is 9.10. The molecular weight excluding hydrogens is 328 g/mol. The van der Waals surface area contributed by atoms with Crippen molar-refractivity contribution in [2.75, 3.05) is 32.4 Å². The van der Waals surface area contributed by atoms with Crippen molar-refractivity contribution < 1.29 is 0 Å². The van der Waals surface area contributed by atoms with Crippen LogP contribution < -0.4 is 10.6 Å². The molecular formula is C20H32N4S. The maximum atomic E-state index is 4.40. The molecule has 25 heavy (non-hydrogen) atoms. The highest BCUT2D eigenvalue weighted by Crippen LogP contribution is 2.26. The maximum absolute atomic E-state index is 4.40. The fourth-order valence-corrected chi connectivity index (χ4v) is 4.86. The lowest BCUT2D eigenvalue weighted by atomic mass is 9.94. The number of rotatable bonds is 5. The monoisotopic (exact) mass is 360 g/mol. The second-order valence-electron chi connectivity index (χ2n) is 7.69. The average molecular weight is 361 g/mol. The lowest BCUT2D eigenvalue weighted by molar-refractivity contribution is 0.107. The van der Waals surface area contributed by atoms with Gasteiger partial charge in [0.2, 0.25) is 0 Å². The number of nitrogens with one attached hydrogen (secondary N) is 2. The van der Waals surface area contributed by atoms with Crippen LogP contribution in [0.2, 0.25) is 0 Å². The van der Waals surface area contributed by atoms with E-state index in [-0.39, 0.29) is 5.54 Å². The van der Waals surface area contributed by atoms with Crippen molar-refractivity contribution in [1.82, 2.24) is 15.5 Å². The summed E-state index contributed by atoms with van der Waals surface area (Å²) >= 11 is 2.08. The normalized spacial score (nSPS) is 21.9. The van der Waals surface area contributed by atoms with Gasteiger partial charge in [-0.25, -0.2) is 0 Å². The molecule has 1 atom stereocenters. The summed E-state index contributed by atoms with van der Waals surface area (Å²) in [6, 6.07) is 8.84. The molecule has 2 heterocycles. The van der Waals surface area contributed by atoms with Crippen LogP contribution in [0, 0.1) is 0 Å². The van der Waals surface area contributed by atoms with Gasteiger partial charge in [-0.3, -0.25) is 9.89 Å². The van der Waals surface area contributed by atoms with Crippen molar-refractivity contribution in [3.05, 3.63) is 35.4 Å². The van der Waals surface area contributed by atoms with Crippen LogP contribution in [-0.2, 0) is 13.0 Å². The van der Waals surface area contributed by atoms with Gasteiger partial charge < -0.3 is 10.6 Å². The van der Waals surface area contributed by atoms with Crippen molar-refractivity contribution in [3.63, 3.8) is 0 Å². The van der Waals surface area contributed by atoms with Gasteiger partial charge in [-0.1, -0.05) is 24.3 Å². The number of hydrogen-bond donors (Lipinski definition) is 2. The van der Waals surface area contributed by atoms with E-state index in [0.717, 1.165) is 43.8 Å². The van der Waals surface area contributed by atoms with Gasteiger partial charge in [-0.2, -0.15) is 11.8 Å². The van der Waals surface area contributed by atoms with Gasteiger partial charge in [0.25, 0.3) is 0 Å². The summed E-state index contributed by atoms with van der Waals surface area (Å²) in [5.74, 6) is 2.24. The molecule has 1 fully saturated rings. The average Bonchev–Trinajstić information content (AvgIpc) is 3.15. The SMILES string of the molecule is CN=C(NCC1CCCS1)NCC(C)(C)N1CCc2ccccc2C1. The Bertz CT molecular complexity index is 593. The van der Waals surface area contributed by atoms with Crippen molar-refractivity contribution in [3.8, 4) is 0 Å². The Morgan fingerprint density at radius 1 is 1.28 bits per heavy atom. The molecule has 138 valence electrons. The topological polar surface area (TPSA) is 39.7 Å². The third kappa shape index (κ3) is 4.91. The van der Waals surface area contributed by atoms with E-state index in [4.69, 9.17) is 0 Å². The predicted octanol–water partition coefficient (Wildman–Crippen LogP) is 2.88. The van der Waals surface area contributed by atoms with Crippen LogP contribution in [0.4, 0.5) is 0 Å². The van der Waals surface area contributed by atoms with Crippen molar-refractivity contribution in [2.24, 2.45) is 4.99 Å². The maximum Gasteiger partial charge on any atom is 0.191 e. The lowest BCUT2D eigenvalue weighted by Gasteiger charge is -2.42. The van der Waals surface area contributed by atoms with Crippen LogP contribution >= 0.6 is 11.8 Å². The fraction of sp³-hybridized carbons (Fsp3) is 0.650. The molecule has 0 radical (unpaired) electrons. The van der Waals surface area contributed by atoms with E-state index in [9.17, 15) is 0 Å². The summed E-state index contributed by atoms with van der Waals surface area (Å²) in [7, 11) is 1.86. The first kappa shape index (κ1) is 18.6.